The second-order valence-corrected chi connectivity index (χ2v) is 16.5. The first kappa shape index (κ1) is 49.5. The van der Waals surface area contributed by atoms with Gasteiger partial charge in [-0.3, -0.25) is 19.4 Å². The molecule has 2 amide bonds. The molecule has 0 saturated carbocycles. The molecule has 10 nitrogen and oxygen atoms in total. The highest BCUT2D eigenvalue weighted by Crippen LogP contribution is 2.14. The van der Waals surface area contributed by atoms with E-state index in [-0.39, 0.29) is 11.8 Å². The molecule has 0 aliphatic carbocycles. The number of benzene rings is 2. The lowest BCUT2D eigenvalue weighted by atomic mass is 10.1. The lowest BCUT2D eigenvalue weighted by molar-refractivity contribution is -0.130. The molecule has 328 valence electrons. The summed E-state index contributed by atoms with van der Waals surface area (Å²) in [4.78, 5) is 34.1. The normalized spacial score (nSPS) is 22.6. The fraction of sp³-hybridized carbons (Fsp3) is 0.708. The van der Waals surface area contributed by atoms with Crippen LogP contribution in [0.3, 0.4) is 0 Å². The number of carbonyl (C=O) groups is 2. The summed E-state index contributed by atoms with van der Waals surface area (Å²) in [7, 11) is 0. The molecular weight excluding hydrogens is 729 g/mol. The average molecular weight is 809 g/mol. The van der Waals surface area contributed by atoms with Crippen LogP contribution in [0.2, 0.25) is 0 Å². The molecule has 58 heavy (non-hydrogen) atoms. The van der Waals surface area contributed by atoms with Crippen molar-refractivity contribution in [3.05, 3.63) is 71.8 Å². The molecule has 2 aromatic carbocycles. The van der Waals surface area contributed by atoms with E-state index in [4.69, 9.17) is 18.9 Å². The zero-order valence-corrected chi connectivity index (χ0v) is 37.0. The van der Waals surface area contributed by atoms with E-state index in [2.05, 4.69) is 84.3 Å². The van der Waals surface area contributed by atoms with Gasteiger partial charge in [0.1, 0.15) is 0 Å². The second kappa shape index (κ2) is 32.0. The third-order valence-electron chi connectivity index (χ3n) is 10.9. The van der Waals surface area contributed by atoms with Gasteiger partial charge in [0.05, 0.1) is 0 Å². The van der Waals surface area contributed by atoms with Crippen molar-refractivity contribution in [1.82, 2.24) is 19.6 Å². The Labute approximate surface area is 352 Å². The number of ether oxygens (including phenoxy) is 4. The highest BCUT2D eigenvalue weighted by Gasteiger charge is 2.17. The van der Waals surface area contributed by atoms with E-state index in [1.54, 1.807) is 13.8 Å². The van der Waals surface area contributed by atoms with Crippen LogP contribution in [0.25, 0.3) is 0 Å². The predicted octanol–water partition coefficient (Wildman–Crippen LogP) is 7.94. The maximum absolute atomic E-state index is 12.5. The van der Waals surface area contributed by atoms with Crippen LogP contribution in [0, 0.1) is 11.8 Å². The molecule has 0 radical (unpaired) electrons. The van der Waals surface area contributed by atoms with Crippen LogP contribution >= 0.6 is 0 Å². The molecule has 3 rings (SSSR count). The molecule has 0 N–H and O–H groups in total. The summed E-state index contributed by atoms with van der Waals surface area (Å²) in [6, 6.07) is 21.4. The zero-order valence-electron chi connectivity index (χ0n) is 37.0. The lowest BCUT2D eigenvalue weighted by Gasteiger charge is -2.28. The van der Waals surface area contributed by atoms with Crippen LogP contribution in [0.4, 0.5) is 0 Å². The second-order valence-electron chi connectivity index (χ2n) is 16.5. The van der Waals surface area contributed by atoms with Crippen molar-refractivity contribution >= 4 is 11.8 Å². The minimum atomic E-state index is 0.134. The van der Waals surface area contributed by atoms with Crippen molar-refractivity contribution in [1.29, 1.82) is 0 Å². The number of hydrogen-bond donors (Lipinski definition) is 0. The van der Waals surface area contributed by atoms with Crippen LogP contribution in [0.1, 0.15) is 103 Å². The van der Waals surface area contributed by atoms with Crippen molar-refractivity contribution in [3.8, 4) is 0 Å². The third kappa shape index (κ3) is 24.3. The largest absolute Gasteiger partial charge is 0.381 e. The van der Waals surface area contributed by atoms with Crippen molar-refractivity contribution in [2.45, 2.75) is 105 Å². The molecule has 2 unspecified atom stereocenters. The molecule has 2 aromatic rings. The molecule has 0 spiro atoms. The maximum atomic E-state index is 12.5. The Morgan fingerprint density at radius 2 is 0.776 bits per heavy atom. The van der Waals surface area contributed by atoms with Crippen LogP contribution in [-0.4, -0.2) is 137 Å². The van der Waals surface area contributed by atoms with E-state index in [1.165, 1.54) is 11.1 Å². The van der Waals surface area contributed by atoms with Gasteiger partial charge in [0.25, 0.3) is 0 Å². The Bertz CT molecular complexity index is 1200. The molecule has 0 bridgehead atoms. The Morgan fingerprint density at radius 3 is 1.10 bits per heavy atom. The minimum absolute atomic E-state index is 0.134. The molecule has 0 aromatic heterocycles. The Morgan fingerprint density at radius 1 is 0.466 bits per heavy atom. The summed E-state index contributed by atoms with van der Waals surface area (Å²) in [5.74, 6) is 1.07. The van der Waals surface area contributed by atoms with Crippen LogP contribution in [-0.2, 0) is 41.6 Å². The third-order valence-corrected chi connectivity index (χ3v) is 10.9. The van der Waals surface area contributed by atoms with Crippen molar-refractivity contribution in [2.75, 3.05) is 105 Å². The van der Waals surface area contributed by atoms with Crippen molar-refractivity contribution < 1.29 is 28.5 Å². The minimum Gasteiger partial charge on any atom is -0.381 e. The fourth-order valence-electron chi connectivity index (χ4n) is 7.44. The fourth-order valence-corrected chi connectivity index (χ4v) is 7.44. The van der Waals surface area contributed by atoms with Crippen molar-refractivity contribution in [3.63, 3.8) is 0 Å². The lowest BCUT2D eigenvalue weighted by Crippen LogP contribution is -2.36. The van der Waals surface area contributed by atoms with E-state index in [0.29, 0.717) is 38.3 Å². The molecule has 10 heteroatoms. The van der Waals surface area contributed by atoms with E-state index < -0.39 is 0 Å². The zero-order chi connectivity index (χ0) is 41.5. The van der Waals surface area contributed by atoms with Crippen molar-refractivity contribution in [2.24, 2.45) is 11.8 Å². The summed E-state index contributed by atoms with van der Waals surface area (Å²) in [5.41, 5.74) is 2.66. The number of rotatable bonds is 4. The average Bonchev–Trinajstić information content (AvgIpc) is 3.21. The SMILES string of the molecule is CC(=O)N1CCCOCCCCOCCCN(C(C)=O)CC(C)CCN(Cc2ccccc2)CCCOCCCCOCCCN(Cc2ccccc2)CCC(C)C1. The highest BCUT2D eigenvalue weighted by atomic mass is 16.5. The summed E-state index contributed by atoms with van der Waals surface area (Å²) in [5, 5.41) is 0. The van der Waals surface area contributed by atoms with Gasteiger partial charge in [0, 0.05) is 119 Å². The maximum Gasteiger partial charge on any atom is 0.219 e. The smallest absolute Gasteiger partial charge is 0.219 e. The number of amides is 2. The first-order valence-corrected chi connectivity index (χ1v) is 22.6. The van der Waals surface area contributed by atoms with Gasteiger partial charge in [0.2, 0.25) is 11.8 Å². The highest BCUT2D eigenvalue weighted by molar-refractivity contribution is 5.73. The number of nitrogens with zero attached hydrogens (tertiary/aromatic N) is 4. The van der Waals surface area contributed by atoms with E-state index in [9.17, 15) is 9.59 Å². The van der Waals surface area contributed by atoms with Crippen LogP contribution in [0.5, 0.6) is 0 Å². The van der Waals surface area contributed by atoms with E-state index >= 15 is 0 Å². The Balaban J connectivity index is 1.50. The predicted molar refractivity (Wildman–Crippen MR) is 236 cm³/mol. The molecular formula is C48H80N4O6. The first-order chi connectivity index (χ1) is 28.3. The quantitative estimate of drug-likeness (QED) is 0.308. The molecule has 1 heterocycles. The Kier molecular flexibility index (Phi) is 27.3. The number of carbonyl (C=O) groups excluding carboxylic acids is 2. The van der Waals surface area contributed by atoms with Gasteiger partial charge in [-0.15, -0.1) is 0 Å². The van der Waals surface area contributed by atoms with Gasteiger partial charge in [-0.1, -0.05) is 74.5 Å². The standard InChI is InChI=1S/C48H80N4O6/c1-43-23-29-49(41-47-19-7-5-8-20-47)25-15-35-55-31-11-12-32-56-36-16-26-50(42-48-21-9-6-10-22-48)30-24-44(2)40-52(46(4)54)28-18-38-58-34-14-13-33-57-37-17-27-51(39-43)45(3)53/h5-10,19-22,43-44H,11-18,23-42H2,1-4H3. The topological polar surface area (TPSA) is 84.0 Å². The number of hydrogen-bond acceptors (Lipinski definition) is 8. The molecule has 1 fully saturated rings. The van der Waals surface area contributed by atoms with Gasteiger partial charge >= 0.3 is 0 Å². The van der Waals surface area contributed by atoms with Gasteiger partial charge in [-0.05, 0) is 100 Å². The molecule has 1 aliphatic rings. The van der Waals surface area contributed by atoms with Crippen LogP contribution < -0.4 is 0 Å². The van der Waals surface area contributed by atoms with Gasteiger partial charge in [0.15, 0.2) is 0 Å². The summed E-state index contributed by atoms with van der Waals surface area (Å²) in [6.07, 6.45) is 9.66. The van der Waals surface area contributed by atoms with Crippen LogP contribution in [0.15, 0.2) is 60.7 Å². The van der Waals surface area contributed by atoms with E-state index in [1.807, 2.05) is 9.80 Å². The summed E-state index contributed by atoms with van der Waals surface area (Å²) >= 11 is 0. The molecule has 2 atom stereocenters. The van der Waals surface area contributed by atoms with E-state index in [0.717, 1.165) is 156 Å². The van der Waals surface area contributed by atoms with Gasteiger partial charge < -0.3 is 28.7 Å². The summed E-state index contributed by atoms with van der Waals surface area (Å²) < 4.78 is 24.0. The van der Waals surface area contributed by atoms with Gasteiger partial charge in [-0.2, -0.15) is 0 Å². The summed E-state index contributed by atoms with van der Waals surface area (Å²) in [6.45, 7) is 22.5. The monoisotopic (exact) mass is 809 g/mol. The van der Waals surface area contributed by atoms with Gasteiger partial charge in [-0.25, -0.2) is 0 Å². The molecule has 1 aliphatic heterocycles. The molecule has 1 saturated heterocycles. The first-order valence-electron chi connectivity index (χ1n) is 22.6. The Hall–Kier alpha value is -2.86.